The molecule has 3 aromatic carbocycles. The van der Waals surface area contributed by atoms with Gasteiger partial charge in [-0.15, -0.1) is 0 Å². The van der Waals surface area contributed by atoms with Crippen LogP contribution in [0.4, 0.5) is 10.5 Å². The Balaban J connectivity index is 1.55. The highest BCUT2D eigenvalue weighted by Crippen LogP contribution is 2.39. The highest BCUT2D eigenvalue weighted by atomic mass is 16.5. The van der Waals surface area contributed by atoms with Crippen LogP contribution in [0.3, 0.4) is 0 Å². The monoisotopic (exact) mass is 503 g/mol. The van der Waals surface area contributed by atoms with Crippen LogP contribution in [0.2, 0.25) is 0 Å². The van der Waals surface area contributed by atoms with Gasteiger partial charge in [0.2, 0.25) is 0 Å². The first-order valence-corrected chi connectivity index (χ1v) is 12.8. The fourth-order valence-corrected chi connectivity index (χ4v) is 5.20. The number of para-hydroxylation sites is 2. The third-order valence-electron chi connectivity index (χ3n) is 7.02. The normalized spacial score (nSPS) is 14.4. The number of nitrogens with one attached hydrogen (secondary N) is 1. The van der Waals surface area contributed by atoms with E-state index in [-0.39, 0.29) is 12.1 Å². The number of benzene rings is 3. The average Bonchev–Trinajstić information content (AvgIpc) is 3.55. The number of hydrogen-bond acceptors (Lipinski definition) is 3. The zero-order valence-electron chi connectivity index (χ0n) is 21.4. The van der Waals surface area contributed by atoms with Crippen LogP contribution >= 0.6 is 0 Å². The summed E-state index contributed by atoms with van der Waals surface area (Å²) in [5.41, 5.74) is 5.71. The van der Waals surface area contributed by atoms with Gasteiger partial charge in [0, 0.05) is 17.4 Å². The molecule has 2 aromatic heterocycles. The Morgan fingerprint density at radius 1 is 0.947 bits per heavy atom. The number of anilines is 1. The van der Waals surface area contributed by atoms with Crippen molar-refractivity contribution < 1.29 is 9.53 Å². The van der Waals surface area contributed by atoms with Crippen molar-refractivity contribution >= 4 is 11.7 Å². The number of methoxy groups -OCH3 is 1. The molecule has 1 N–H and O–H groups in total. The number of fused-ring (bicyclic) bond motifs is 3. The maximum Gasteiger partial charge on any atom is 0.322 e. The van der Waals surface area contributed by atoms with Crippen molar-refractivity contribution in [1.82, 2.24) is 19.2 Å². The summed E-state index contributed by atoms with van der Waals surface area (Å²) in [4.78, 5) is 15.9. The lowest BCUT2D eigenvalue weighted by Crippen LogP contribution is -2.38. The molecule has 2 amide bonds. The summed E-state index contributed by atoms with van der Waals surface area (Å²) >= 11 is 0. The van der Waals surface area contributed by atoms with Crippen LogP contribution in [0.25, 0.3) is 11.5 Å². The molecular formula is C31H29N5O2. The van der Waals surface area contributed by atoms with Crippen molar-refractivity contribution in [3.8, 4) is 17.3 Å². The van der Waals surface area contributed by atoms with Crippen LogP contribution in [0.5, 0.6) is 5.75 Å². The maximum atomic E-state index is 14.0. The molecule has 7 heteroatoms. The van der Waals surface area contributed by atoms with Gasteiger partial charge in [-0.2, -0.15) is 5.10 Å². The average molecular weight is 504 g/mol. The minimum absolute atomic E-state index is 0.174. The van der Waals surface area contributed by atoms with E-state index in [0.717, 1.165) is 51.9 Å². The Labute approximate surface area is 221 Å². The van der Waals surface area contributed by atoms with E-state index in [1.165, 1.54) is 0 Å². The van der Waals surface area contributed by atoms with Crippen LogP contribution < -0.4 is 10.1 Å². The van der Waals surface area contributed by atoms with E-state index in [0.29, 0.717) is 6.54 Å². The van der Waals surface area contributed by atoms with E-state index in [1.54, 1.807) is 7.11 Å². The summed E-state index contributed by atoms with van der Waals surface area (Å²) in [5, 5.41) is 8.14. The Kier molecular flexibility index (Phi) is 6.17. The van der Waals surface area contributed by atoms with Gasteiger partial charge in [-0.3, -0.25) is 0 Å². The number of carbonyl (C=O) groups is 1. The van der Waals surface area contributed by atoms with E-state index in [9.17, 15) is 4.79 Å². The van der Waals surface area contributed by atoms with Gasteiger partial charge in [-0.25, -0.2) is 9.48 Å². The molecule has 5 aromatic rings. The first-order valence-electron chi connectivity index (χ1n) is 12.8. The summed E-state index contributed by atoms with van der Waals surface area (Å²) in [6.45, 7) is 2.51. The summed E-state index contributed by atoms with van der Waals surface area (Å²) < 4.78 is 9.59. The van der Waals surface area contributed by atoms with Crippen molar-refractivity contribution in [1.29, 1.82) is 0 Å². The van der Waals surface area contributed by atoms with E-state index < -0.39 is 0 Å². The van der Waals surface area contributed by atoms with Crippen molar-refractivity contribution in [2.75, 3.05) is 12.4 Å². The van der Waals surface area contributed by atoms with E-state index in [2.05, 4.69) is 41.2 Å². The van der Waals surface area contributed by atoms with Gasteiger partial charge in [-0.1, -0.05) is 55.5 Å². The van der Waals surface area contributed by atoms with Gasteiger partial charge in [0.25, 0.3) is 0 Å². The zero-order valence-corrected chi connectivity index (χ0v) is 21.4. The number of nitrogens with zero attached hydrogens (tertiary/aromatic N) is 4. The molecule has 0 saturated carbocycles. The van der Waals surface area contributed by atoms with Gasteiger partial charge in [-0.05, 0) is 60.5 Å². The van der Waals surface area contributed by atoms with E-state index in [1.807, 2.05) is 88.4 Å². The van der Waals surface area contributed by atoms with Crippen LogP contribution in [0, 0.1) is 0 Å². The lowest BCUT2D eigenvalue weighted by atomic mass is 10.0. The van der Waals surface area contributed by atoms with Crippen molar-refractivity contribution in [3.05, 3.63) is 126 Å². The molecule has 0 aliphatic carbocycles. The third-order valence-corrected chi connectivity index (χ3v) is 7.02. The zero-order chi connectivity index (χ0) is 26.1. The van der Waals surface area contributed by atoms with Crippen LogP contribution in [-0.2, 0) is 13.0 Å². The van der Waals surface area contributed by atoms with E-state index in [4.69, 9.17) is 9.84 Å². The molecule has 1 atom stereocenters. The quantitative estimate of drug-likeness (QED) is 0.303. The first kappa shape index (κ1) is 23.6. The number of ether oxygens (including phenoxy) is 1. The molecule has 7 nitrogen and oxygen atoms in total. The lowest BCUT2D eigenvalue weighted by molar-refractivity contribution is 0.194. The fourth-order valence-electron chi connectivity index (χ4n) is 5.20. The predicted molar refractivity (Wildman–Crippen MR) is 148 cm³/mol. The number of hydrogen-bond donors (Lipinski definition) is 1. The SMILES string of the molecule is CCc1nn(-c2ccccc2)c2c1CN(C(=O)Nc1ccccc1)[C@H](c1ccc(OC)cc1)c1cccn1-2. The summed E-state index contributed by atoms with van der Waals surface area (Å²) in [5.74, 6) is 1.73. The molecule has 0 fully saturated rings. The molecule has 0 radical (unpaired) electrons. The number of rotatable bonds is 5. The van der Waals surface area contributed by atoms with Crippen molar-refractivity contribution in [2.24, 2.45) is 0 Å². The predicted octanol–water partition coefficient (Wildman–Crippen LogP) is 6.37. The number of urea groups is 1. The Morgan fingerprint density at radius 2 is 1.66 bits per heavy atom. The van der Waals surface area contributed by atoms with Crippen LogP contribution in [0.1, 0.15) is 35.5 Å². The molecule has 38 heavy (non-hydrogen) atoms. The second-order valence-corrected chi connectivity index (χ2v) is 9.25. The molecule has 3 heterocycles. The minimum Gasteiger partial charge on any atom is -0.497 e. The smallest absolute Gasteiger partial charge is 0.322 e. The molecule has 1 aliphatic rings. The van der Waals surface area contributed by atoms with Crippen molar-refractivity contribution in [2.45, 2.75) is 25.9 Å². The summed E-state index contributed by atoms with van der Waals surface area (Å²) in [6.07, 6.45) is 2.81. The van der Waals surface area contributed by atoms with Gasteiger partial charge < -0.3 is 19.5 Å². The van der Waals surface area contributed by atoms with Gasteiger partial charge in [0.1, 0.15) is 11.6 Å². The number of carbonyl (C=O) groups excluding carboxylic acids is 1. The number of aryl methyl sites for hydroxylation is 1. The first-order chi connectivity index (χ1) is 18.7. The molecular weight excluding hydrogens is 474 g/mol. The topological polar surface area (TPSA) is 64.3 Å². The van der Waals surface area contributed by atoms with Gasteiger partial charge in [0.05, 0.1) is 36.8 Å². The molecule has 6 rings (SSSR count). The number of aromatic nitrogens is 3. The summed E-state index contributed by atoms with van der Waals surface area (Å²) in [6, 6.07) is 31.3. The van der Waals surface area contributed by atoms with Crippen molar-refractivity contribution in [3.63, 3.8) is 0 Å². The Hall–Kier alpha value is -4.78. The Bertz CT molecular complexity index is 1560. The van der Waals surface area contributed by atoms with Crippen LogP contribution in [0.15, 0.2) is 103 Å². The third kappa shape index (κ3) is 4.12. The largest absolute Gasteiger partial charge is 0.497 e. The highest BCUT2D eigenvalue weighted by molar-refractivity contribution is 5.90. The molecule has 190 valence electrons. The van der Waals surface area contributed by atoms with Gasteiger partial charge in [0.15, 0.2) is 0 Å². The number of amides is 2. The highest BCUT2D eigenvalue weighted by Gasteiger charge is 2.36. The lowest BCUT2D eigenvalue weighted by Gasteiger charge is -2.31. The molecule has 0 bridgehead atoms. The fraction of sp³-hybridized carbons (Fsp3) is 0.161. The second-order valence-electron chi connectivity index (χ2n) is 9.25. The minimum atomic E-state index is -0.332. The molecule has 0 spiro atoms. The molecule has 0 saturated heterocycles. The van der Waals surface area contributed by atoms with E-state index >= 15 is 0 Å². The maximum absolute atomic E-state index is 14.0. The molecule has 1 aliphatic heterocycles. The standard InChI is InChI=1S/C31H29N5O2/c1-3-27-26-21-35(31(37)32-23-11-6-4-7-12-23)29(22-16-18-25(38-2)19-17-22)28-15-10-20-34(28)30(26)36(33-27)24-13-8-5-9-14-24/h4-20,29H,3,21H2,1-2H3,(H,32,37)/t29-/m1/s1. The van der Waals surface area contributed by atoms with Gasteiger partial charge >= 0.3 is 6.03 Å². The second kappa shape index (κ2) is 9.94. The van der Waals surface area contributed by atoms with Crippen LogP contribution in [-0.4, -0.2) is 32.4 Å². The Morgan fingerprint density at radius 3 is 2.34 bits per heavy atom. The molecule has 0 unspecified atom stereocenters. The summed E-state index contributed by atoms with van der Waals surface area (Å²) in [7, 11) is 1.66.